The third kappa shape index (κ3) is 4.83. The Bertz CT molecular complexity index is 465. The van der Waals surface area contributed by atoms with Crippen LogP contribution in [0, 0.1) is 0 Å². The lowest BCUT2D eigenvalue weighted by Gasteiger charge is -2.32. The van der Waals surface area contributed by atoms with Crippen LogP contribution in [-0.2, 0) is 11.3 Å². The Labute approximate surface area is 132 Å². The van der Waals surface area contributed by atoms with Gasteiger partial charge < -0.3 is 15.0 Å². The predicted molar refractivity (Wildman–Crippen MR) is 88.1 cm³/mol. The summed E-state index contributed by atoms with van der Waals surface area (Å²) < 4.78 is 5.42. The summed E-state index contributed by atoms with van der Waals surface area (Å²) in [5.74, 6) is 1.01. The van der Waals surface area contributed by atoms with Gasteiger partial charge in [0.2, 0.25) is 0 Å². The number of ether oxygens (including phenoxy) is 1. The number of methoxy groups -OCH3 is 1. The quantitative estimate of drug-likeness (QED) is 0.926. The molecule has 0 spiro atoms. The van der Waals surface area contributed by atoms with Crippen LogP contribution in [0.15, 0.2) is 12.3 Å². The molecule has 1 fully saturated rings. The summed E-state index contributed by atoms with van der Waals surface area (Å²) >= 11 is 6.27. The highest BCUT2D eigenvalue weighted by atomic mass is 35.5. The molecule has 0 unspecified atom stereocenters. The number of nitrogens with one attached hydrogen (secondary N) is 1. The molecule has 0 radical (unpaired) electrons. The predicted octanol–water partition coefficient (Wildman–Crippen LogP) is 3.24. The lowest BCUT2D eigenvalue weighted by Crippen LogP contribution is -2.37. The lowest BCUT2D eigenvalue weighted by atomic mass is 10.1. The van der Waals surface area contributed by atoms with Crippen LogP contribution in [0.2, 0.25) is 5.02 Å². The summed E-state index contributed by atoms with van der Waals surface area (Å²) in [5, 5.41) is 4.20. The van der Waals surface area contributed by atoms with E-state index in [9.17, 15) is 0 Å². The first-order chi connectivity index (χ1) is 9.89. The number of nitrogens with zero attached hydrogens (tertiary/aromatic N) is 2. The number of hydrogen-bond acceptors (Lipinski definition) is 4. The summed E-state index contributed by atoms with van der Waals surface area (Å²) in [6, 6.07) is 2.11. The second-order valence-electron chi connectivity index (χ2n) is 6.66. The molecule has 1 saturated heterocycles. The first kappa shape index (κ1) is 16.5. The van der Waals surface area contributed by atoms with Crippen molar-refractivity contribution in [2.75, 3.05) is 25.1 Å². The molecule has 4 nitrogen and oxygen atoms in total. The Morgan fingerprint density at radius 2 is 2.05 bits per heavy atom. The molecule has 1 aromatic rings. The molecule has 1 aliphatic rings. The number of pyridine rings is 1. The zero-order valence-electron chi connectivity index (χ0n) is 13.4. The minimum Gasteiger partial charge on any atom is -0.381 e. The SMILES string of the molecule is COC1CCN(c2cc(CNC(C)(C)C)c(Cl)cn2)CC1. The van der Waals surface area contributed by atoms with E-state index >= 15 is 0 Å². The van der Waals surface area contributed by atoms with Gasteiger partial charge in [-0.25, -0.2) is 4.98 Å². The van der Waals surface area contributed by atoms with E-state index in [4.69, 9.17) is 16.3 Å². The lowest BCUT2D eigenvalue weighted by molar-refractivity contribution is 0.0818. The van der Waals surface area contributed by atoms with E-state index in [0.717, 1.165) is 48.9 Å². The molecule has 1 aromatic heterocycles. The molecule has 0 bridgehead atoms. The highest BCUT2D eigenvalue weighted by Crippen LogP contribution is 2.24. The fourth-order valence-electron chi connectivity index (χ4n) is 2.46. The Kier molecular flexibility index (Phi) is 5.47. The molecule has 0 atom stereocenters. The second-order valence-corrected chi connectivity index (χ2v) is 7.07. The topological polar surface area (TPSA) is 37.4 Å². The van der Waals surface area contributed by atoms with E-state index in [2.05, 4.69) is 42.0 Å². The Hall–Kier alpha value is -0.840. The standard InChI is InChI=1S/C16H26ClN3O/c1-16(2,3)19-10-12-9-15(18-11-14(12)17)20-7-5-13(21-4)6-8-20/h9,11,13,19H,5-8,10H2,1-4H3. The molecular formula is C16H26ClN3O. The van der Waals surface area contributed by atoms with Gasteiger partial charge in [-0.3, -0.25) is 0 Å². The van der Waals surface area contributed by atoms with E-state index in [-0.39, 0.29) is 5.54 Å². The summed E-state index contributed by atoms with van der Waals surface area (Å²) in [7, 11) is 1.79. The summed E-state index contributed by atoms with van der Waals surface area (Å²) in [5.41, 5.74) is 1.18. The van der Waals surface area contributed by atoms with Crippen LogP contribution in [0.1, 0.15) is 39.2 Å². The fourth-order valence-corrected chi connectivity index (χ4v) is 2.63. The van der Waals surface area contributed by atoms with Crippen LogP contribution in [0.25, 0.3) is 0 Å². The zero-order chi connectivity index (χ0) is 15.5. The van der Waals surface area contributed by atoms with E-state index in [0.29, 0.717) is 6.10 Å². The van der Waals surface area contributed by atoms with Gasteiger partial charge in [0.25, 0.3) is 0 Å². The number of rotatable bonds is 4. The largest absolute Gasteiger partial charge is 0.381 e. The number of anilines is 1. The van der Waals surface area contributed by atoms with E-state index < -0.39 is 0 Å². The fraction of sp³-hybridized carbons (Fsp3) is 0.688. The minimum atomic E-state index is 0.0730. The molecule has 1 aliphatic heterocycles. The molecule has 0 aliphatic carbocycles. The number of halogens is 1. The van der Waals surface area contributed by atoms with Crippen molar-refractivity contribution in [3.63, 3.8) is 0 Å². The monoisotopic (exact) mass is 311 g/mol. The normalized spacial score (nSPS) is 17.3. The third-order valence-electron chi connectivity index (χ3n) is 3.83. The van der Waals surface area contributed by atoms with Gasteiger partial charge in [0.1, 0.15) is 5.82 Å². The maximum atomic E-state index is 6.27. The Morgan fingerprint density at radius 1 is 1.38 bits per heavy atom. The van der Waals surface area contributed by atoms with Crippen LogP contribution in [0.3, 0.4) is 0 Å². The molecule has 21 heavy (non-hydrogen) atoms. The number of piperidine rings is 1. The third-order valence-corrected chi connectivity index (χ3v) is 4.17. The Balaban J connectivity index is 2.04. The smallest absolute Gasteiger partial charge is 0.128 e. The van der Waals surface area contributed by atoms with Crippen molar-refractivity contribution >= 4 is 17.4 Å². The van der Waals surface area contributed by atoms with Crippen LogP contribution >= 0.6 is 11.6 Å². The van der Waals surface area contributed by atoms with Crippen molar-refractivity contribution in [3.05, 3.63) is 22.8 Å². The van der Waals surface area contributed by atoms with Gasteiger partial charge in [-0.15, -0.1) is 0 Å². The summed E-state index contributed by atoms with van der Waals surface area (Å²) in [6.07, 6.45) is 4.25. The van der Waals surface area contributed by atoms with Crippen LogP contribution in [-0.4, -0.2) is 36.8 Å². The van der Waals surface area contributed by atoms with Gasteiger partial charge >= 0.3 is 0 Å². The molecule has 0 saturated carbocycles. The van der Waals surface area contributed by atoms with Gasteiger partial charge in [0.15, 0.2) is 0 Å². The molecule has 118 valence electrons. The average Bonchev–Trinajstić information content (AvgIpc) is 2.46. The first-order valence-electron chi connectivity index (χ1n) is 7.56. The Morgan fingerprint density at radius 3 is 2.62 bits per heavy atom. The second kappa shape index (κ2) is 6.95. The van der Waals surface area contributed by atoms with Crippen LogP contribution in [0.4, 0.5) is 5.82 Å². The molecule has 0 aromatic carbocycles. The highest BCUT2D eigenvalue weighted by Gasteiger charge is 2.20. The van der Waals surface area contributed by atoms with Crippen LogP contribution in [0.5, 0.6) is 0 Å². The first-order valence-corrected chi connectivity index (χ1v) is 7.94. The van der Waals surface area contributed by atoms with Crippen molar-refractivity contribution < 1.29 is 4.74 Å². The summed E-state index contributed by atoms with van der Waals surface area (Å²) in [6.45, 7) is 9.18. The molecule has 5 heteroatoms. The van der Waals surface area contributed by atoms with Crippen molar-refractivity contribution in [2.45, 2.75) is 51.8 Å². The van der Waals surface area contributed by atoms with E-state index in [1.165, 1.54) is 0 Å². The maximum Gasteiger partial charge on any atom is 0.128 e. The average molecular weight is 312 g/mol. The van der Waals surface area contributed by atoms with E-state index in [1.807, 2.05) is 0 Å². The van der Waals surface area contributed by atoms with E-state index in [1.54, 1.807) is 13.3 Å². The molecule has 2 heterocycles. The molecular weight excluding hydrogens is 286 g/mol. The molecule has 2 rings (SSSR count). The van der Waals surface area contributed by atoms with Gasteiger partial charge in [-0.1, -0.05) is 11.6 Å². The zero-order valence-corrected chi connectivity index (χ0v) is 14.2. The van der Waals surface area contributed by atoms with Gasteiger partial charge in [-0.05, 0) is 45.2 Å². The van der Waals surface area contributed by atoms with Crippen molar-refractivity contribution in [2.24, 2.45) is 0 Å². The van der Waals surface area contributed by atoms with Crippen molar-refractivity contribution in [1.82, 2.24) is 10.3 Å². The molecule has 1 N–H and O–H groups in total. The summed E-state index contributed by atoms with van der Waals surface area (Å²) in [4.78, 5) is 6.80. The highest BCUT2D eigenvalue weighted by molar-refractivity contribution is 6.31. The van der Waals surface area contributed by atoms with Gasteiger partial charge in [-0.2, -0.15) is 0 Å². The minimum absolute atomic E-state index is 0.0730. The van der Waals surface area contributed by atoms with Gasteiger partial charge in [0, 0.05) is 38.5 Å². The number of aromatic nitrogens is 1. The number of hydrogen-bond donors (Lipinski definition) is 1. The van der Waals surface area contributed by atoms with Crippen molar-refractivity contribution in [3.8, 4) is 0 Å². The maximum absolute atomic E-state index is 6.27. The van der Waals surface area contributed by atoms with Crippen molar-refractivity contribution in [1.29, 1.82) is 0 Å². The molecule has 0 amide bonds. The van der Waals surface area contributed by atoms with Crippen LogP contribution < -0.4 is 10.2 Å². The van der Waals surface area contributed by atoms with Gasteiger partial charge in [0.05, 0.1) is 11.1 Å².